The predicted octanol–water partition coefficient (Wildman–Crippen LogP) is 2.57. The first-order valence-electron chi connectivity index (χ1n) is 6.94. The van der Waals surface area contributed by atoms with Gasteiger partial charge in [0, 0.05) is 24.4 Å². The average molecular weight is 248 g/mol. The fourth-order valence-electron chi connectivity index (χ4n) is 2.96. The van der Waals surface area contributed by atoms with E-state index in [0.29, 0.717) is 12.1 Å². The van der Waals surface area contributed by atoms with Crippen LogP contribution < -0.4 is 5.73 Å². The van der Waals surface area contributed by atoms with Crippen LogP contribution in [0.5, 0.6) is 0 Å². The van der Waals surface area contributed by atoms with E-state index in [2.05, 4.69) is 24.0 Å². The van der Waals surface area contributed by atoms with Crippen LogP contribution in [0.1, 0.15) is 44.2 Å². The van der Waals surface area contributed by atoms with E-state index in [9.17, 15) is 5.11 Å². The topological polar surface area (TPSA) is 49.5 Å². The van der Waals surface area contributed by atoms with Crippen molar-refractivity contribution in [3.8, 4) is 0 Å². The molecule has 0 radical (unpaired) electrons. The summed E-state index contributed by atoms with van der Waals surface area (Å²) in [5, 5.41) is 9.18. The molecule has 100 valence electrons. The van der Waals surface area contributed by atoms with Gasteiger partial charge in [0.1, 0.15) is 0 Å². The lowest BCUT2D eigenvalue weighted by molar-refractivity contribution is 0.0826. The third-order valence-corrected chi connectivity index (χ3v) is 4.05. The van der Waals surface area contributed by atoms with Gasteiger partial charge in [0.2, 0.25) is 0 Å². The number of nitrogen functional groups attached to an aromatic ring is 1. The summed E-state index contributed by atoms with van der Waals surface area (Å²) in [6, 6.07) is 9.10. The summed E-state index contributed by atoms with van der Waals surface area (Å²) in [4.78, 5) is 2.53. The van der Waals surface area contributed by atoms with Crippen molar-refractivity contribution in [2.45, 2.75) is 44.7 Å². The predicted molar refractivity (Wildman–Crippen MR) is 75.3 cm³/mol. The molecule has 0 aromatic heterocycles. The van der Waals surface area contributed by atoms with Gasteiger partial charge in [-0.1, -0.05) is 18.6 Å². The highest BCUT2D eigenvalue weighted by Gasteiger charge is 2.26. The lowest BCUT2D eigenvalue weighted by Crippen LogP contribution is -2.41. The molecule has 0 spiro atoms. The molecule has 2 atom stereocenters. The van der Waals surface area contributed by atoms with Gasteiger partial charge >= 0.3 is 0 Å². The van der Waals surface area contributed by atoms with E-state index in [0.717, 1.165) is 18.7 Å². The van der Waals surface area contributed by atoms with Gasteiger partial charge in [-0.15, -0.1) is 0 Å². The van der Waals surface area contributed by atoms with Crippen LogP contribution in [-0.2, 0) is 0 Å². The van der Waals surface area contributed by atoms with Gasteiger partial charge in [0.25, 0.3) is 0 Å². The van der Waals surface area contributed by atoms with Gasteiger partial charge < -0.3 is 10.8 Å². The lowest BCUT2D eigenvalue weighted by Gasteiger charge is -2.40. The van der Waals surface area contributed by atoms with Crippen LogP contribution in [0.3, 0.4) is 0 Å². The average Bonchev–Trinajstić information content (AvgIpc) is 2.40. The maximum absolute atomic E-state index is 9.18. The molecule has 0 bridgehead atoms. The number of piperidine rings is 1. The quantitative estimate of drug-likeness (QED) is 0.805. The molecule has 3 heteroatoms. The highest BCUT2D eigenvalue weighted by Crippen LogP contribution is 2.29. The Kier molecular flexibility index (Phi) is 4.61. The number of hydrogen-bond acceptors (Lipinski definition) is 3. The highest BCUT2D eigenvalue weighted by atomic mass is 16.3. The minimum absolute atomic E-state index is 0.287. The number of nitrogens with zero attached hydrogens (tertiary/aromatic N) is 1. The smallest absolute Gasteiger partial charge is 0.0445 e. The Morgan fingerprint density at radius 1 is 1.33 bits per heavy atom. The van der Waals surface area contributed by atoms with E-state index in [1.807, 2.05) is 12.1 Å². The van der Waals surface area contributed by atoms with E-state index in [4.69, 9.17) is 5.73 Å². The molecule has 1 saturated heterocycles. The van der Waals surface area contributed by atoms with Crippen molar-refractivity contribution in [2.24, 2.45) is 0 Å². The van der Waals surface area contributed by atoms with E-state index in [-0.39, 0.29) is 6.61 Å². The second-order valence-corrected chi connectivity index (χ2v) is 5.24. The molecule has 1 aromatic carbocycles. The molecule has 3 N–H and O–H groups in total. The molecule has 18 heavy (non-hydrogen) atoms. The Labute approximate surface area is 110 Å². The Morgan fingerprint density at radius 2 is 2.06 bits per heavy atom. The van der Waals surface area contributed by atoms with Crippen LogP contribution in [0.2, 0.25) is 0 Å². The molecular formula is C15H24N2O. The van der Waals surface area contributed by atoms with E-state index < -0.39 is 0 Å². The molecule has 1 aliphatic heterocycles. The van der Waals surface area contributed by atoms with Gasteiger partial charge in [-0.3, -0.25) is 4.90 Å². The van der Waals surface area contributed by atoms with Gasteiger partial charge in [-0.25, -0.2) is 0 Å². The van der Waals surface area contributed by atoms with Crippen LogP contribution in [0, 0.1) is 0 Å². The lowest BCUT2D eigenvalue weighted by atomic mass is 9.95. The standard InChI is InChI=1S/C15H24N2O/c1-12(13-5-7-14(16)8-6-13)17-10-3-2-4-15(17)9-11-18/h5-8,12,15,18H,2-4,9-11,16H2,1H3. The molecule has 1 heterocycles. The summed E-state index contributed by atoms with van der Waals surface area (Å²) in [5.74, 6) is 0. The number of rotatable bonds is 4. The summed E-state index contributed by atoms with van der Waals surface area (Å²) in [6.07, 6.45) is 4.65. The summed E-state index contributed by atoms with van der Waals surface area (Å²) in [5.41, 5.74) is 7.86. The first-order chi connectivity index (χ1) is 8.72. The molecule has 1 aromatic rings. The van der Waals surface area contributed by atoms with Crippen LogP contribution in [0.15, 0.2) is 24.3 Å². The van der Waals surface area contributed by atoms with Gasteiger partial charge in [0.15, 0.2) is 0 Å². The largest absolute Gasteiger partial charge is 0.399 e. The molecule has 0 amide bonds. The number of nitrogens with two attached hydrogens (primary N) is 1. The van der Waals surface area contributed by atoms with Crippen LogP contribution in [0.4, 0.5) is 5.69 Å². The van der Waals surface area contributed by atoms with Gasteiger partial charge in [-0.05, 0) is 50.4 Å². The second kappa shape index (κ2) is 6.21. The van der Waals surface area contributed by atoms with E-state index in [1.54, 1.807) is 0 Å². The minimum Gasteiger partial charge on any atom is -0.399 e. The van der Waals surface area contributed by atoms with Crippen molar-refractivity contribution >= 4 is 5.69 Å². The number of hydrogen-bond donors (Lipinski definition) is 2. The van der Waals surface area contributed by atoms with Crippen molar-refractivity contribution in [1.82, 2.24) is 4.90 Å². The monoisotopic (exact) mass is 248 g/mol. The Hall–Kier alpha value is -1.06. The first-order valence-corrected chi connectivity index (χ1v) is 6.94. The Bertz CT molecular complexity index is 361. The van der Waals surface area contributed by atoms with E-state index in [1.165, 1.54) is 24.8 Å². The molecule has 0 saturated carbocycles. The molecular weight excluding hydrogens is 224 g/mol. The normalized spacial score (nSPS) is 22.9. The SMILES string of the molecule is CC(c1ccc(N)cc1)N1CCCCC1CCO. The molecule has 1 fully saturated rings. The highest BCUT2D eigenvalue weighted by molar-refractivity contribution is 5.40. The number of aliphatic hydroxyl groups is 1. The van der Waals surface area contributed by atoms with E-state index >= 15 is 0 Å². The van der Waals surface area contributed by atoms with Crippen LogP contribution in [-0.4, -0.2) is 29.2 Å². The zero-order valence-electron chi connectivity index (χ0n) is 11.2. The molecule has 2 rings (SSSR count). The Balaban J connectivity index is 2.09. The molecule has 0 aliphatic carbocycles. The molecule has 2 unspecified atom stereocenters. The van der Waals surface area contributed by atoms with Crippen molar-refractivity contribution in [3.05, 3.63) is 29.8 Å². The van der Waals surface area contributed by atoms with Crippen LogP contribution >= 0.6 is 0 Å². The molecule has 3 nitrogen and oxygen atoms in total. The van der Waals surface area contributed by atoms with Crippen molar-refractivity contribution in [1.29, 1.82) is 0 Å². The van der Waals surface area contributed by atoms with Crippen molar-refractivity contribution < 1.29 is 5.11 Å². The number of anilines is 1. The third kappa shape index (κ3) is 3.03. The summed E-state index contributed by atoms with van der Waals surface area (Å²) < 4.78 is 0. The maximum atomic E-state index is 9.18. The van der Waals surface area contributed by atoms with Crippen molar-refractivity contribution in [3.63, 3.8) is 0 Å². The fourth-order valence-corrected chi connectivity index (χ4v) is 2.96. The number of aliphatic hydroxyl groups excluding tert-OH is 1. The zero-order chi connectivity index (χ0) is 13.0. The van der Waals surface area contributed by atoms with Crippen molar-refractivity contribution in [2.75, 3.05) is 18.9 Å². The second-order valence-electron chi connectivity index (χ2n) is 5.24. The van der Waals surface area contributed by atoms with Crippen LogP contribution in [0.25, 0.3) is 0 Å². The van der Waals surface area contributed by atoms with Gasteiger partial charge in [0.05, 0.1) is 0 Å². The zero-order valence-corrected chi connectivity index (χ0v) is 11.2. The fraction of sp³-hybridized carbons (Fsp3) is 0.600. The number of likely N-dealkylation sites (tertiary alicyclic amines) is 1. The summed E-state index contributed by atoms with van der Waals surface area (Å²) in [7, 11) is 0. The minimum atomic E-state index is 0.287. The summed E-state index contributed by atoms with van der Waals surface area (Å²) >= 11 is 0. The summed E-state index contributed by atoms with van der Waals surface area (Å²) in [6.45, 7) is 3.67. The molecule has 1 aliphatic rings. The number of benzene rings is 1. The first kappa shape index (κ1) is 13.4. The van der Waals surface area contributed by atoms with Gasteiger partial charge in [-0.2, -0.15) is 0 Å². The maximum Gasteiger partial charge on any atom is 0.0445 e. The Morgan fingerprint density at radius 3 is 2.72 bits per heavy atom. The third-order valence-electron chi connectivity index (χ3n) is 4.05.